The Morgan fingerprint density at radius 1 is 0.788 bits per heavy atom. The number of aromatic hydroxyl groups is 1. The number of hydrogen-bond donors (Lipinski definition) is 2. The van der Waals surface area contributed by atoms with Gasteiger partial charge in [0.15, 0.2) is 0 Å². The van der Waals surface area contributed by atoms with E-state index in [4.69, 9.17) is 23.2 Å². The number of aromatic nitrogens is 1. The molecule has 2 aliphatic rings. The van der Waals surface area contributed by atoms with Crippen LogP contribution in [0.1, 0.15) is 42.2 Å². The highest BCUT2D eigenvalue weighted by molar-refractivity contribution is 8.76. The van der Waals surface area contributed by atoms with Crippen LogP contribution in [0, 0.1) is 0 Å². The van der Waals surface area contributed by atoms with E-state index in [0.717, 1.165) is 37.7 Å². The predicted molar refractivity (Wildman–Crippen MR) is 213 cm³/mol. The number of phenols is 1. The zero-order valence-corrected chi connectivity index (χ0v) is 31.2. The Morgan fingerprint density at radius 3 is 1.92 bits per heavy atom. The molecule has 0 unspecified atom stereocenters. The van der Waals surface area contributed by atoms with Gasteiger partial charge in [0.25, 0.3) is 0 Å². The van der Waals surface area contributed by atoms with Crippen molar-refractivity contribution < 1.29 is 24.6 Å². The summed E-state index contributed by atoms with van der Waals surface area (Å²) in [6.07, 6.45) is 1.21. The number of pyridine rings is 1. The number of phenolic OH excluding ortho intramolecular Hbond substituents is 1. The molecule has 52 heavy (non-hydrogen) atoms. The number of anilines is 3. The van der Waals surface area contributed by atoms with Gasteiger partial charge in [-0.15, -0.1) is 23.2 Å². The number of amides is 3. The van der Waals surface area contributed by atoms with Gasteiger partial charge in [-0.25, -0.2) is 9.78 Å². The van der Waals surface area contributed by atoms with E-state index in [-0.39, 0.29) is 48.8 Å². The van der Waals surface area contributed by atoms with Crippen molar-refractivity contribution in [3.63, 3.8) is 0 Å². The van der Waals surface area contributed by atoms with Gasteiger partial charge >= 0.3 is 6.09 Å². The maximum Gasteiger partial charge on any atom is 0.411 e. The Labute approximate surface area is 319 Å². The SMILES string of the molecule is O=C(CCCC(=O)N1C[C@@H](CCl)c2c1cc(N(CCSSc1ccccn1)C(=O)O)c1ccccc21)N1C[C@@H](CCl)c2c1cc(O)c1ccccc21. The molecule has 0 saturated carbocycles. The summed E-state index contributed by atoms with van der Waals surface area (Å²) in [7, 11) is 3.01. The van der Waals surface area contributed by atoms with Gasteiger partial charge in [-0.05, 0) is 57.3 Å². The molecule has 0 bridgehead atoms. The van der Waals surface area contributed by atoms with E-state index < -0.39 is 6.09 Å². The highest BCUT2D eigenvalue weighted by Gasteiger charge is 2.37. The fraction of sp³-hybridized carbons (Fsp3) is 0.282. The molecule has 2 aliphatic heterocycles. The summed E-state index contributed by atoms with van der Waals surface area (Å²) in [6.45, 7) is 1.01. The Kier molecular flexibility index (Phi) is 11.0. The minimum atomic E-state index is -1.09. The number of nitrogens with zero attached hydrogens (tertiary/aromatic N) is 4. The van der Waals surface area contributed by atoms with Gasteiger partial charge in [0.05, 0.1) is 11.4 Å². The molecule has 0 spiro atoms. The van der Waals surface area contributed by atoms with Crippen molar-refractivity contribution in [1.82, 2.24) is 4.98 Å². The first-order chi connectivity index (χ1) is 25.3. The lowest BCUT2D eigenvalue weighted by atomic mass is 9.94. The number of hydrogen-bond acceptors (Lipinski definition) is 7. The fourth-order valence-corrected chi connectivity index (χ4v) is 9.74. The molecule has 2 N–H and O–H groups in total. The molecule has 9 nitrogen and oxygen atoms in total. The van der Waals surface area contributed by atoms with Gasteiger partial charge in [0, 0.05) is 90.5 Å². The second kappa shape index (κ2) is 15.8. The van der Waals surface area contributed by atoms with E-state index in [1.165, 1.54) is 26.5 Å². The van der Waals surface area contributed by atoms with Crippen molar-refractivity contribution >= 4 is 101 Å². The topological polar surface area (TPSA) is 114 Å². The normalized spacial score (nSPS) is 16.3. The highest BCUT2D eigenvalue weighted by atomic mass is 35.5. The molecule has 268 valence electrons. The molecular weight excluding hydrogens is 739 g/mol. The molecule has 5 aromatic rings. The third-order valence-electron chi connectivity index (χ3n) is 9.75. The van der Waals surface area contributed by atoms with Crippen LogP contribution in [0.3, 0.4) is 0 Å². The zero-order valence-electron chi connectivity index (χ0n) is 28.1. The number of carbonyl (C=O) groups is 3. The minimum absolute atomic E-state index is 0.0751. The monoisotopic (exact) mass is 774 g/mol. The smallest absolute Gasteiger partial charge is 0.411 e. The molecule has 13 heteroatoms. The van der Waals surface area contributed by atoms with E-state index in [9.17, 15) is 24.6 Å². The van der Waals surface area contributed by atoms with E-state index in [2.05, 4.69) is 4.98 Å². The van der Waals surface area contributed by atoms with E-state index in [0.29, 0.717) is 54.1 Å². The molecule has 4 aromatic carbocycles. The van der Waals surface area contributed by atoms with Crippen molar-refractivity contribution in [2.75, 3.05) is 51.8 Å². The van der Waals surface area contributed by atoms with Crippen LogP contribution in [0.15, 0.2) is 90.1 Å². The van der Waals surface area contributed by atoms with Gasteiger partial charge in [0.1, 0.15) is 10.8 Å². The van der Waals surface area contributed by atoms with Gasteiger partial charge in [0.2, 0.25) is 11.8 Å². The average Bonchev–Trinajstić information content (AvgIpc) is 3.73. The van der Waals surface area contributed by atoms with Crippen molar-refractivity contribution in [3.05, 3.63) is 96.2 Å². The molecular formula is C39H36Cl2N4O5S2. The van der Waals surface area contributed by atoms with Gasteiger partial charge in [-0.3, -0.25) is 14.5 Å². The van der Waals surface area contributed by atoms with Gasteiger partial charge in [-0.1, -0.05) is 65.4 Å². The van der Waals surface area contributed by atoms with E-state index in [1.807, 2.05) is 72.8 Å². The Balaban J connectivity index is 1.09. The summed E-state index contributed by atoms with van der Waals surface area (Å²) >= 11 is 12.9. The molecule has 0 radical (unpaired) electrons. The summed E-state index contributed by atoms with van der Waals surface area (Å²) < 4.78 is 0. The third-order valence-corrected chi connectivity index (χ3v) is 12.7. The highest BCUT2D eigenvalue weighted by Crippen LogP contribution is 2.47. The predicted octanol–water partition coefficient (Wildman–Crippen LogP) is 9.23. The quantitative estimate of drug-likeness (QED) is 0.0733. The molecule has 0 aliphatic carbocycles. The van der Waals surface area contributed by atoms with Crippen molar-refractivity contribution in [1.29, 1.82) is 0 Å². The zero-order chi connectivity index (χ0) is 36.4. The number of benzene rings is 4. The second-order valence-corrected chi connectivity index (χ2v) is 15.9. The number of fused-ring (bicyclic) bond motifs is 6. The first-order valence-corrected chi connectivity index (χ1v) is 20.4. The third kappa shape index (κ3) is 6.99. The lowest BCUT2D eigenvalue weighted by Gasteiger charge is -2.24. The molecule has 0 saturated heterocycles. The minimum Gasteiger partial charge on any atom is -0.507 e. The van der Waals surface area contributed by atoms with Crippen LogP contribution in [-0.2, 0) is 9.59 Å². The molecule has 1 aromatic heterocycles. The van der Waals surface area contributed by atoms with Crippen LogP contribution in [0.5, 0.6) is 5.75 Å². The first-order valence-electron chi connectivity index (χ1n) is 17.0. The van der Waals surface area contributed by atoms with Crippen LogP contribution in [-0.4, -0.2) is 70.3 Å². The van der Waals surface area contributed by atoms with Gasteiger partial charge in [-0.2, -0.15) is 0 Å². The van der Waals surface area contributed by atoms with Crippen LogP contribution in [0.25, 0.3) is 21.5 Å². The fourth-order valence-electron chi connectivity index (χ4n) is 7.41. The van der Waals surface area contributed by atoms with Crippen molar-refractivity contribution in [2.45, 2.75) is 36.1 Å². The lowest BCUT2D eigenvalue weighted by Crippen LogP contribution is -2.33. The lowest BCUT2D eigenvalue weighted by molar-refractivity contribution is -0.119. The summed E-state index contributed by atoms with van der Waals surface area (Å²) in [5, 5.41) is 25.2. The summed E-state index contributed by atoms with van der Waals surface area (Å²) in [4.78, 5) is 49.3. The summed E-state index contributed by atoms with van der Waals surface area (Å²) in [5.41, 5.74) is 3.70. The Hall–Kier alpha value is -4.16. The molecule has 3 amide bonds. The Bertz CT molecular complexity index is 2160. The second-order valence-electron chi connectivity index (χ2n) is 12.8. The van der Waals surface area contributed by atoms with Crippen LogP contribution in [0.2, 0.25) is 0 Å². The molecule has 2 atom stereocenters. The molecule has 0 fully saturated rings. The maximum atomic E-state index is 13.9. The first kappa shape index (κ1) is 36.2. The van der Waals surface area contributed by atoms with Crippen LogP contribution >= 0.6 is 44.8 Å². The standard InChI is InChI=1S/C39H36Cl2N4O5S2/c40-20-24-22-44(35(47)13-7-14-36(48)45-23-25(21-41)38-29-11-4-2-9-27(29)33(46)19-32(38)45)31-18-30(26-8-1-3-10-28(26)37(24)31)43(39(49)50)16-17-51-52-34-12-5-6-15-42-34/h1-6,8-12,15,18-19,24-25,46H,7,13-14,16-17,20-23H2,(H,49,50)/t24-,25-/m1/s1. The maximum absolute atomic E-state index is 13.9. The van der Waals surface area contributed by atoms with Crippen molar-refractivity contribution in [3.8, 4) is 5.75 Å². The van der Waals surface area contributed by atoms with E-state index >= 15 is 0 Å². The molecule has 3 heterocycles. The molecule has 7 rings (SSSR count). The van der Waals surface area contributed by atoms with Crippen LogP contribution < -0.4 is 14.7 Å². The Morgan fingerprint density at radius 2 is 1.35 bits per heavy atom. The average molecular weight is 776 g/mol. The number of halogens is 2. The van der Waals surface area contributed by atoms with E-state index in [1.54, 1.807) is 22.1 Å². The summed E-state index contributed by atoms with van der Waals surface area (Å²) in [5.74, 6) is 0.740. The number of carboxylic acid groups (broad SMARTS) is 1. The number of alkyl halides is 2. The van der Waals surface area contributed by atoms with Crippen LogP contribution in [0.4, 0.5) is 21.9 Å². The number of rotatable bonds is 12. The number of carbonyl (C=O) groups excluding carboxylic acids is 2. The summed E-state index contributed by atoms with van der Waals surface area (Å²) in [6, 6.07) is 24.3. The van der Waals surface area contributed by atoms with Gasteiger partial charge < -0.3 is 20.0 Å². The largest absolute Gasteiger partial charge is 0.507 e. The van der Waals surface area contributed by atoms with Crippen molar-refractivity contribution in [2.24, 2.45) is 0 Å².